The lowest BCUT2D eigenvalue weighted by Gasteiger charge is -2.16. The van der Waals surface area contributed by atoms with Crippen molar-refractivity contribution >= 4 is 27.4 Å². The third-order valence-electron chi connectivity index (χ3n) is 4.53. The molecule has 0 saturated carbocycles. The van der Waals surface area contributed by atoms with E-state index in [-0.39, 0.29) is 23.2 Å². The van der Waals surface area contributed by atoms with Gasteiger partial charge >= 0.3 is 5.82 Å². The first-order valence-electron chi connectivity index (χ1n) is 8.87. The molecule has 1 aliphatic heterocycles. The lowest BCUT2D eigenvalue weighted by atomic mass is 10.3. The fourth-order valence-corrected chi connectivity index (χ4v) is 4.13. The third-order valence-corrected chi connectivity index (χ3v) is 6.00. The smallest absolute Gasteiger partial charge is 0.358 e. The van der Waals surface area contributed by atoms with Crippen molar-refractivity contribution in [2.75, 3.05) is 18.0 Å². The molecule has 150 valence electrons. The number of amides is 1. The van der Waals surface area contributed by atoms with Gasteiger partial charge in [0.05, 0.1) is 28.3 Å². The molecular formula is C17H21N5O5S. The lowest BCUT2D eigenvalue weighted by Crippen LogP contribution is -2.26. The van der Waals surface area contributed by atoms with Gasteiger partial charge in [-0.2, -0.15) is 4.68 Å². The Balaban J connectivity index is 1.55. The standard InChI is InChI=1S/C17H21N5O5S/c1-13-12-16(22(24)25)19-21(13)11-3-9-18-28(26,27)15-7-5-14(6-8-15)20-10-2-4-17(20)23/h5-8,12,18H,2-4,9-11H2,1H3. The summed E-state index contributed by atoms with van der Waals surface area (Å²) in [6, 6.07) is 7.58. The molecule has 28 heavy (non-hydrogen) atoms. The fourth-order valence-electron chi connectivity index (χ4n) is 3.05. The summed E-state index contributed by atoms with van der Waals surface area (Å²) in [5.41, 5.74) is 1.33. The van der Waals surface area contributed by atoms with Gasteiger partial charge < -0.3 is 15.0 Å². The van der Waals surface area contributed by atoms with Crippen molar-refractivity contribution in [1.29, 1.82) is 0 Å². The summed E-state index contributed by atoms with van der Waals surface area (Å²) < 4.78 is 28.8. The number of hydrogen-bond acceptors (Lipinski definition) is 6. The average molecular weight is 407 g/mol. The van der Waals surface area contributed by atoms with Crippen LogP contribution >= 0.6 is 0 Å². The van der Waals surface area contributed by atoms with Gasteiger partial charge in [0, 0.05) is 25.2 Å². The van der Waals surface area contributed by atoms with Crippen molar-refractivity contribution in [3.8, 4) is 0 Å². The second kappa shape index (κ2) is 8.07. The predicted octanol–water partition coefficient (Wildman–Crippen LogP) is 1.60. The number of nitrogens with one attached hydrogen (secondary N) is 1. The van der Waals surface area contributed by atoms with E-state index in [9.17, 15) is 23.3 Å². The first kappa shape index (κ1) is 20.0. The van der Waals surface area contributed by atoms with Gasteiger partial charge in [0.1, 0.15) is 0 Å². The van der Waals surface area contributed by atoms with Gasteiger partial charge in [-0.05, 0) is 49.0 Å². The van der Waals surface area contributed by atoms with E-state index in [1.165, 1.54) is 22.9 Å². The van der Waals surface area contributed by atoms with Crippen LogP contribution in [-0.4, -0.2) is 42.1 Å². The summed E-state index contributed by atoms with van der Waals surface area (Å²) in [4.78, 5) is 23.7. The number of aromatic nitrogens is 2. The maximum Gasteiger partial charge on any atom is 0.390 e. The number of nitrogens with zero attached hydrogens (tertiary/aromatic N) is 4. The van der Waals surface area contributed by atoms with Gasteiger partial charge in [-0.15, -0.1) is 0 Å². The Labute approximate surface area is 162 Å². The van der Waals surface area contributed by atoms with Gasteiger partial charge in [-0.3, -0.25) is 4.79 Å². The number of anilines is 1. The number of nitro groups is 1. The van der Waals surface area contributed by atoms with Crippen LogP contribution in [0.25, 0.3) is 0 Å². The molecule has 0 aliphatic carbocycles. The average Bonchev–Trinajstić information content (AvgIpc) is 3.25. The van der Waals surface area contributed by atoms with Crippen molar-refractivity contribution in [2.24, 2.45) is 0 Å². The lowest BCUT2D eigenvalue weighted by molar-refractivity contribution is -0.389. The van der Waals surface area contributed by atoms with E-state index in [0.29, 0.717) is 37.3 Å². The topological polar surface area (TPSA) is 127 Å². The summed E-state index contributed by atoms with van der Waals surface area (Å²) in [5, 5.41) is 14.6. The molecule has 11 heteroatoms. The summed E-state index contributed by atoms with van der Waals surface area (Å²) >= 11 is 0. The van der Waals surface area contributed by atoms with Crippen LogP contribution in [0.3, 0.4) is 0 Å². The maximum absolute atomic E-state index is 12.4. The monoisotopic (exact) mass is 407 g/mol. The van der Waals surface area contributed by atoms with Crippen LogP contribution in [0.15, 0.2) is 35.2 Å². The molecule has 3 rings (SSSR count). The minimum absolute atomic E-state index is 0.0443. The number of benzene rings is 1. The molecule has 1 N–H and O–H groups in total. The Hall–Kier alpha value is -2.79. The minimum Gasteiger partial charge on any atom is -0.358 e. The number of hydrogen-bond donors (Lipinski definition) is 1. The van der Waals surface area contributed by atoms with Crippen LogP contribution in [0, 0.1) is 17.0 Å². The predicted molar refractivity (Wildman–Crippen MR) is 101 cm³/mol. The molecule has 0 atom stereocenters. The van der Waals surface area contributed by atoms with Crippen molar-refractivity contribution in [2.45, 2.75) is 37.6 Å². The number of carbonyl (C=O) groups excluding carboxylic acids is 1. The van der Waals surface area contributed by atoms with E-state index in [2.05, 4.69) is 9.82 Å². The number of carbonyl (C=O) groups is 1. The highest BCUT2D eigenvalue weighted by Crippen LogP contribution is 2.23. The Morgan fingerprint density at radius 3 is 2.57 bits per heavy atom. The summed E-state index contributed by atoms with van der Waals surface area (Å²) in [6.07, 6.45) is 1.75. The molecule has 0 unspecified atom stereocenters. The van der Waals surface area contributed by atoms with Gasteiger partial charge in [0.15, 0.2) is 0 Å². The molecule has 0 radical (unpaired) electrons. The van der Waals surface area contributed by atoms with E-state index in [4.69, 9.17) is 0 Å². The zero-order valence-electron chi connectivity index (χ0n) is 15.4. The van der Waals surface area contributed by atoms with Crippen LogP contribution in [-0.2, 0) is 21.4 Å². The van der Waals surface area contributed by atoms with Gasteiger partial charge in [0.25, 0.3) is 0 Å². The fraction of sp³-hybridized carbons (Fsp3) is 0.412. The maximum atomic E-state index is 12.4. The molecule has 1 saturated heterocycles. The second-order valence-electron chi connectivity index (χ2n) is 6.52. The van der Waals surface area contributed by atoms with E-state index in [1.54, 1.807) is 24.0 Å². The van der Waals surface area contributed by atoms with Crippen molar-refractivity contribution in [1.82, 2.24) is 14.5 Å². The van der Waals surface area contributed by atoms with Gasteiger partial charge in [0.2, 0.25) is 15.9 Å². The first-order valence-corrected chi connectivity index (χ1v) is 10.4. The second-order valence-corrected chi connectivity index (χ2v) is 8.29. The van der Waals surface area contributed by atoms with Crippen LogP contribution in [0.2, 0.25) is 0 Å². The van der Waals surface area contributed by atoms with Crippen molar-refractivity contribution < 1.29 is 18.1 Å². The van der Waals surface area contributed by atoms with Crippen LogP contribution in [0.4, 0.5) is 11.5 Å². The highest BCUT2D eigenvalue weighted by molar-refractivity contribution is 7.89. The van der Waals surface area contributed by atoms with Crippen molar-refractivity contribution in [3.63, 3.8) is 0 Å². The molecule has 1 aliphatic rings. The normalized spacial score (nSPS) is 14.6. The zero-order valence-corrected chi connectivity index (χ0v) is 16.2. The van der Waals surface area contributed by atoms with E-state index in [0.717, 1.165) is 6.42 Å². The molecule has 1 fully saturated rings. The van der Waals surface area contributed by atoms with E-state index >= 15 is 0 Å². The van der Waals surface area contributed by atoms with E-state index in [1.807, 2.05) is 0 Å². The summed E-state index contributed by atoms with van der Waals surface area (Å²) in [5.74, 6) is -0.183. The Morgan fingerprint density at radius 1 is 1.29 bits per heavy atom. The van der Waals surface area contributed by atoms with Crippen LogP contribution < -0.4 is 9.62 Å². The highest BCUT2D eigenvalue weighted by Gasteiger charge is 2.22. The van der Waals surface area contributed by atoms with Gasteiger partial charge in [-0.25, -0.2) is 13.1 Å². The zero-order chi connectivity index (χ0) is 20.3. The SMILES string of the molecule is Cc1cc([N+](=O)[O-])nn1CCCNS(=O)(=O)c1ccc(N2CCCC2=O)cc1. The third kappa shape index (κ3) is 4.37. The molecule has 0 bridgehead atoms. The van der Waals surface area contributed by atoms with Crippen LogP contribution in [0.5, 0.6) is 0 Å². The minimum atomic E-state index is -3.68. The molecule has 10 nitrogen and oxygen atoms in total. The van der Waals surface area contributed by atoms with E-state index < -0.39 is 14.9 Å². The number of aryl methyl sites for hydroxylation is 2. The molecule has 0 spiro atoms. The summed E-state index contributed by atoms with van der Waals surface area (Å²) in [7, 11) is -3.68. The largest absolute Gasteiger partial charge is 0.390 e. The molecular weight excluding hydrogens is 386 g/mol. The summed E-state index contributed by atoms with van der Waals surface area (Å²) in [6.45, 7) is 2.88. The molecule has 2 heterocycles. The van der Waals surface area contributed by atoms with Gasteiger partial charge in [-0.1, -0.05) is 0 Å². The Bertz CT molecular complexity index is 984. The number of sulfonamides is 1. The highest BCUT2D eigenvalue weighted by atomic mass is 32.2. The Morgan fingerprint density at radius 2 is 2.00 bits per heavy atom. The first-order chi connectivity index (χ1) is 13.3. The molecule has 1 aromatic heterocycles. The number of rotatable bonds is 8. The van der Waals surface area contributed by atoms with Crippen molar-refractivity contribution in [3.05, 3.63) is 46.1 Å². The molecule has 1 aromatic carbocycles. The quantitative estimate of drug-likeness (QED) is 0.402. The Kier molecular flexibility index (Phi) is 5.75. The van der Waals surface area contributed by atoms with Crippen LogP contribution in [0.1, 0.15) is 25.0 Å². The molecule has 1 amide bonds. The molecule has 2 aromatic rings.